The number of rotatable bonds is 4. The Morgan fingerprint density at radius 2 is 1.83 bits per heavy atom. The molecule has 0 aliphatic carbocycles. The lowest BCUT2D eigenvalue weighted by molar-refractivity contribution is -0.131. The zero-order chi connectivity index (χ0) is 21.1. The third-order valence-electron chi connectivity index (χ3n) is 3.85. The maximum absolute atomic E-state index is 12.7. The molecule has 2 N–H and O–H groups in total. The molecule has 0 aromatic heterocycles. The first-order valence-electron chi connectivity index (χ1n) is 8.01. The molecule has 0 spiro atoms. The van der Waals surface area contributed by atoms with Gasteiger partial charge in [0.25, 0.3) is 11.8 Å². The summed E-state index contributed by atoms with van der Waals surface area (Å²) in [6.07, 6.45) is 0.950. The molecule has 0 saturated carbocycles. The zero-order valence-electron chi connectivity index (χ0n) is 14.4. The summed E-state index contributed by atoms with van der Waals surface area (Å²) in [4.78, 5) is 49.8. The van der Waals surface area contributed by atoms with Gasteiger partial charge in [-0.1, -0.05) is 23.2 Å². The number of nitrogens with zero attached hydrogens (tertiary/aromatic N) is 2. The Morgan fingerprint density at radius 1 is 1.14 bits per heavy atom. The van der Waals surface area contributed by atoms with Crippen LogP contribution in [0.1, 0.15) is 10.4 Å². The van der Waals surface area contributed by atoms with Crippen LogP contribution in [0.5, 0.6) is 0 Å². The predicted octanol–water partition coefficient (Wildman–Crippen LogP) is 3.21. The number of hydrazone groups is 1. The SMILES string of the molecule is O=C(N/N=C\[C@H]1C(=O)NC(=O)N(c2ccc(I)cc2)C1=O)c1ccc(Cl)cc1Cl. The molecular formula is C18H11Cl2IN4O4. The smallest absolute Gasteiger partial charge is 0.276 e. The van der Waals surface area contributed by atoms with Gasteiger partial charge in [-0.05, 0) is 65.1 Å². The molecule has 3 rings (SSSR count). The van der Waals surface area contributed by atoms with E-state index >= 15 is 0 Å². The molecule has 0 radical (unpaired) electrons. The van der Waals surface area contributed by atoms with Crippen LogP contribution in [0.15, 0.2) is 47.6 Å². The van der Waals surface area contributed by atoms with Gasteiger partial charge < -0.3 is 0 Å². The molecule has 1 fully saturated rings. The first kappa shape index (κ1) is 21.2. The number of carbonyl (C=O) groups is 4. The van der Waals surface area contributed by atoms with Crippen molar-refractivity contribution in [2.45, 2.75) is 0 Å². The first-order valence-corrected chi connectivity index (χ1v) is 9.84. The molecule has 29 heavy (non-hydrogen) atoms. The van der Waals surface area contributed by atoms with Gasteiger partial charge in [0.15, 0.2) is 5.92 Å². The van der Waals surface area contributed by atoms with Crippen molar-refractivity contribution in [1.29, 1.82) is 0 Å². The van der Waals surface area contributed by atoms with Crippen molar-refractivity contribution in [2.75, 3.05) is 4.90 Å². The van der Waals surface area contributed by atoms with Crippen molar-refractivity contribution in [3.8, 4) is 0 Å². The van der Waals surface area contributed by atoms with Crippen molar-refractivity contribution in [1.82, 2.24) is 10.7 Å². The van der Waals surface area contributed by atoms with Gasteiger partial charge in [0.1, 0.15) is 0 Å². The normalized spacial score (nSPS) is 16.9. The van der Waals surface area contributed by atoms with Crippen LogP contribution in [-0.4, -0.2) is 30.0 Å². The van der Waals surface area contributed by atoms with E-state index in [-0.39, 0.29) is 10.6 Å². The summed E-state index contributed by atoms with van der Waals surface area (Å²) in [7, 11) is 0. The van der Waals surface area contributed by atoms with E-state index in [0.717, 1.165) is 14.7 Å². The van der Waals surface area contributed by atoms with E-state index < -0.39 is 29.7 Å². The number of nitrogens with one attached hydrogen (secondary N) is 2. The Kier molecular flexibility index (Phi) is 6.50. The number of urea groups is 1. The number of amides is 5. The van der Waals surface area contributed by atoms with Crippen molar-refractivity contribution >= 4 is 81.4 Å². The average molecular weight is 545 g/mol. The van der Waals surface area contributed by atoms with E-state index in [9.17, 15) is 19.2 Å². The molecule has 2 aromatic rings. The van der Waals surface area contributed by atoms with Crippen LogP contribution in [-0.2, 0) is 9.59 Å². The average Bonchev–Trinajstić information content (AvgIpc) is 2.65. The van der Waals surface area contributed by atoms with E-state index in [1.807, 2.05) is 0 Å². The van der Waals surface area contributed by atoms with Gasteiger partial charge in [0, 0.05) is 14.8 Å². The Balaban J connectivity index is 1.75. The van der Waals surface area contributed by atoms with E-state index in [1.165, 1.54) is 18.2 Å². The van der Waals surface area contributed by atoms with Crippen molar-refractivity contribution in [2.24, 2.45) is 11.0 Å². The third-order valence-corrected chi connectivity index (χ3v) is 5.12. The summed E-state index contributed by atoms with van der Waals surface area (Å²) < 4.78 is 0.911. The largest absolute Gasteiger partial charge is 0.335 e. The second kappa shape index (κ2) is 8.89. The second-order valence-corrected chi connectivity index (χ2v) is 7.85. The van der Waals surface area contributed by atoms with Gasteiger partial charge >= 0.3 is 6.03 Å². The van der Waals surface area contributed by atoms with Crippen LogP contribution in [0.4, 0.5) is 10.5 Å². The first-order chi connectivity index (χ1) is 13.8. The summed E-state index contributed by atoms with van der Waals surface area (Å²) in [6.45, 7) is 0. The summed E-state index contributed by atoms with van der Waals surface area (Å²) in [5.41, 5.74) is 2.60. The molecule has 2 aromatic carbocycles. The number of hydrogen-bond acceptors (Lipinski definition) is 5. The topological polar surface area (TPSA) is 108 Å². The molecular weight excluding hydrogens is 534 g/mol. The van der Waals surface area contributed by atoms with Gasteiger partial charge in [-0.3, -0.25) is 19.7 Å². The number of anilines is 1. The third kappa shape index (κ3) is 4.74. The molecule has 1 aliphatic rings. The molecule has 1 aliphatic heterocycles. The van der Waals surface area contributed by atoms with Crippen molar-refractivity contribution in [3.05, 3.63) is 61.6 Å². The van der Waals surface area contributed by atoms with Crippen molar-refractivity contribution in [3.63, 3.8) is 0 Å². The van der Waals surface area contributed by atoms with E-state index in [2.05, 4.69) is 38.4 Å². The lowest BCUT2D eigenvalue weighted by Crippen LogP contribution is -2.58. The standard InChI is InChI=1S/C18H11Cl2IN4O4/c19-9-1-6-12(14(20)7-9)16(27)24-22-8-13-15(26)23-18(29)25(17(13)28)11-4-2-10(21)3-5-11/h1-8,13H,(H,24,27)(H,23,26,29)/b22-8-/t13-/m0/s1. The number of halogens is 3. The molecule has 5 amide bonds. The van der Waals surface area contributed by atoms with E-state index in [0.29, 0.717) is 10.7 Å². The molecule has 1 saturated heterocycles. The molecule has 8 nitrogen and oxygen atoms in total. The second-order valence-electron chi connectivity index (χ2n) is 5.77. The maximum Gasteiger partial charge on any atom is 0.335 e. The Bertz CT molecular complexity index is 1040. The monoisotopic (exact) mass is 544 g/mol. The van der Waals surface area contributed by atoms with Gasteiger partial charge in [0.05, 0.1) is 16.3 Å². The molecule has 148 valence electrons. The summed E-state index contributed by atoms with van der Waals surface area (Å²) >= 11 is 13.8. The number of imide groups is 2. The van der Waals surface area contributed by atoms with Crippen LogP contribution in [0, 0.1) is 9.49 Å². The highest BCUT2D eigenvalue weighted by Crippen LogP contribution is 2.22. The number of carbonyl (C=O) groups excluding carboxylic acids is 4. The minimum atomic E-state index is -1.40. The minimum Gasteiger partial charge on any atom is -0.276 e. The van der Waals surface area contributed by atoms with Gasteiger partial charge in [-0.15, -0.1) is 0 Å². The van der Waals surface area contributed by atoms with Crippen LogP contribution >= 0.6 is 45.8 Å². The Morgan fingerprint density at radius 3 is 2.48 bits per heavy atom. The zero-order valence-corrected chi connectivity index (χ0v) is 18.0. The highest BCUT2D eigenvalue weighted by Gasteiger charge is 2.40. The maximum atomic E-state index is 12.7. The summed E-state index contributed by atoms with van der Waals surface area (Å²) in [5.74, 6) is -3.68. The highest BCUT2D eigenvalue weighted by molar-refractivity contribution is 14.1. The molecule has 1 atom stereocenters. The molecule has 0 bridgehead atoms. The number of benzene rings is 2. The molecule has 0 unspecified atom stereocenters. The number of barbiturate groups is 1. The fourth-order valence-corrected chi connectivity index (χ4v) is 3.31. The van der Waals surface area contributed by atoms with Crippen molar-refractivity contribution < 1.29 is 19.2 Å². The molecule has 11 heteroatoms. The summed E-state index contributed by atoms with van der Waals surface area (Å²) in [6, 6.07) is 10.0. The number of hydrogen-bond donors (Lipinski definition) is 2. The van der Waals surface area contributed by atoms with Gasteiger partial charge in [0.2, 0.25) is 5.91 Å². The van der Waals surface area contributed by atoms with Crippen LogP contribution < -0.4 is 15.6 Å². The van der Waals surface area contributed by atoms with Gasteiger partial charge in [-0.2, -0.15) is 5.10 Å². The predicted molar refractivity (Wildman–Crippen MR) is 116 cm³/mol. The Labute approximate surface area is 188 Å². The van der Waals surface area contributed by atoms with Gasteiger partial charge in [-0.25, -0.2) is 15.1 Å². The lowest BCUT2D eigenvalue weighted by Gasteiger charge is -2.28. The van der Waals surface area contributed by atoms with Crippen LogP contribution in [0.25, 0.3) is 0 Å². The van der Waals surface area contributed by atoms with E-state index in [1.54, 1.807) is 24.3 Å². The summed E-state index contributed by atoms with van der Waals surface area (Å²) in [5, 5.41) is 6.24. The van der Waals surface area contributed by atoms with Crippen LogP contribution in [0.3, 0.4) is 0 Å². The van der Waals surface area contributed by atoms with Crippen LogP contribution in [0.2, 0.25) is 10.0 Å². The quantitative estimate of drug-likeness (QED) is 0.267. The minimum absolute atomic E-state index is 0.114. The highest BCUT2D eigenvalue weighted by atomic mass is 127. The fourth-order valence-electron chi connectivity index (χ4n) is 2.46. The lowest BCUT2D eigenvalue weighted by atomic mass is 10.1. The van der Waals surface area contributed by atoms with E-state index in [4.69, 9.17) is 23.2 Å². The Hall–Kier alpha value is -2.50. The fraction of sp³-hybridized carbons (Fsp3) is 0.0556. The molecule has 1 heterocycles.